The van der Waals surface area contributed by atoms with E-state index in [1.807, 2.05) is 13.0 Å². The van der Waals surface area contributed by atoms with E-state index in [4.69, 9.17) is 0 Å². The van der Waals surface area contributed by atoms with Crippen LogP contribution in [0.1, 0.15) is 37.6 Å². The van der Waals surface area contributed by atoms with Gasteiger partial charge in [-0.15, -0.1) is 0 Å². The van der Waals surface area contributed by atoms with E-state index < -0.39 is 0 Å². The maximum absolute atomic E-state index is 4.55. The summed E-state index contributed by atoms with van der Waals surface area (Å²) in [5, 5.41) is 3.48. The molecule has 1 N–H and O–H groups in total. The maximum atomic E-state index is 4.55. The van der Waals surface area contributed by atoms with Crippen molar-refractivity contribution in [2.75, 3.05) is 5.32 Å². The quantitative estimate of drug-likeness (QED) is 0.866. The zero-order chi connectivity index (χ0) is 13.0. The Kier molecular flexibility index (Phi) is 4.03. The largest absolute Gasteiger partial charge is 0.349 e. The molecule has 0 aliphatic rings. The molecule has 3 heteroatoms. The SMILES string of the molecule is CCCn1cc(C)nc1NC(C)c1ccccc1. The first-order valence-electron chi connectivity index (χ1n) is 6.56. The van der Waals surface area contributed by atoms with Crippen molar-refractivity contribution in [3.05, 3.63) is 47.8 Å². The molecular formula is C15H21N3. The average Bonchev–Trinajstić information content (AvgIpc) is 2.71. The van der Waals surface area contributed by atoms with E-state index in [0.29, 0.717) is 0 Å². The van der Waals surface area contributed by atoms with Crippen molar-refractivity contribution < 1.29 is 0 Å². The van der Waals surface area contributed by atoms with Crippen LogP contribution in [-0.4, -0.2) is 9.55 Å². The molecule has 0 saturated heterocycles. The lowest BCUT2D eigenvalue weighted by molar-refractivity contribution is 0.674. The molecule has 0 fully saturated rings. The molecule has 1 heterocycles. The highest BCUT2D eigenvalue weighted by Gasteiger charge is 2.09. The van der Waals surface area contributed by atoms with Crippen LogP contribution in [0.15, 0.2) is 36.5 Å². The van der Waals surface area contributed by atoms with Gasteiger partial charge in [0.1, 0.15) is 0 Å². The molecule has 0 saturated carbocycles. The molecule has 0 radical (unpaired) electrons. The Balaban J connectivity index is 2.13. The standard InChI is InChI=1S/C15H21N3/c1-4-10-18-11-12(2)16-15(18)17-13(3)14-8-6-5-7-9-14/h5-9,11,13H,4,10H2,1-3H3,(H,16,17). The Morgan fingerprint density at radius 2 is 2.00 bits per heavy atom. The highest BCUT2D eigenvalue weighted by Crippen LogP contribution is 2.18. The van der Waals surface area contributed by atoms with Crippen LogP contribution in [0.2, 0.25) is 0 Å². The van der Waals surface area contributed by atoms with E-state index in [1.54, 1.807) is 0 Å². The topological polar surface area (TPSA) is 29.9 Å². The molecule has 0 aliphatic carbocycles. The number of rotatable bonds is 5. The van der Waals surface area contributed by atoms with Gasteiger partial charge in [0, 0.05) is 12.7 Å². The van der Waals surface area contributed by atoms with E-state index >= 15 is 0 Å². The van der Waals surface area contributed by atoms with Crippen LogP contribution in [0, 0.1) is 6.92 Å². The van der Waals surface area contributed by atoms with Gasteiger partial charge < -0.3 is 9.88 Å². The maximum Gasteiger partial charge on any atom is 0.203 e. The van der Waals surface area contributed by atoms with Crippen LogP contribution in [-0.2, 0) is 6.54 Å². The molecule has 0 amide bonds. The summed E-state index contributed by atoms with van der Waals surface area (Å²) < 4.78 is 2.19. The molecule has 1 aromatic carbocycles. The van der Waals surface area contributed by atoms with Gasteiger partial charge in [0.15, 0.2) is 0 Å². The number of hydrogen-bond donors (Lipinski definition) is 1. The summed E-state index contributed by atoms with van der Waals surface area (Å²) in [6.45, 7) is 7.38. The molecule has 2 rings (SSSR count). The molecule has 0 aliphatic heterocycles. The van der Waals surface area contributed by atoms with Crippen molar-refractivity contribution in [2.24, 2.45) is 0 Å². The zero-order valence-corrected chi connectivity index (χ0v) is 11.4. The summed E-state index contributed by atoms with van der Waals surface area (Å²) in [6, 6.07) is 10.7. The van der Waals surface area contributed by atoms with Crippen LogP contribution in [0.25, 0.3) is 0 Å². The molecule has 0 bridgehead atoms. The fraction of sp³-hybridized carbons (Fsp3) is 0.400. The van der Waals surface area contributed by atoms with Crippen LogP contribution in [0.5, 0.6) is 0 Å². The van der Waals surface area contributed by atoms with Crippen molar-refractivity contribution in [1.82, 2.24) is 9.55 Å². The smallest absolute Gasteiger partial charge is 0.203 e. The monoisotopic (exact) mass is 243 g/mol. The van der Waals surface area contributed by atoms with Crippen LogP contribution >= 0.6 is 0 Å². The molecule has 96 valence electrons. The second kappa shape index (κ2) is 5.71. The summed E-state index contributed by atoms with van der Waals surface area (Å²) in [4.78, 5) is 4.55. The lowest BCUT2D eigenvalue weighted by Crippen LogP contribution is -2.11. The number of nitrogens with one attached hydrogen (secondary N) is 1. The first kappa shape index (κ1) is 12.7. The van der Waals surface area contributed by atoms with Gasteiger partial charge >= 0.3 is 0 Å². The van der Waals surface area contributed by atoms with E-state index in [2.05, 4.69) is 59.2 Å². The van der Waals surface area contributed by atoms with Gasteiger partial charge in [0.25, 0.3) is 0 Å². The minimum absolute atomic E-state index is 0.267. The van der Waals surface area contributed by atoms with Gasteiger partial charge in [-0.2, -0.15) is 0 Å². The first-order chi connectivity index (χ1) is 8.70. The third-order valence-corrected chi connectivity index (χ3v) is 3.01. The molecule has 1 atom stereocenters. The predicted molar refractivity (Wildman–Crippen MR) is 75.7 cm³/mol. The molecule has 0 spiro atoms. The second-order valence-corrected chi connectivity index (χ2v) is 4.68. The van der Waals surface area contributed by atoms with Crippen molar-refractivity contribution in [1.29, 1.82) is 0 Å². The number of aromatic nitrogens is 2. The second-order valence-electron chi connectivity index (χ2n) is 4.68. The highest BCUT2D eigenvalue weighted by molar-refractivity contribution is 5.34. The summed E-state index contributed by atoms with van der Waals surface area (Å²) >= 11 is 0. The number of hydrogen-bond acceptors (Lipinski definition) is 2. The van der Waals surface area contributed by atoms with E-state index in [9.17, 15) is 0 Å². The fourth-order valence-electron chi connectivity index (χ4n) is 2.09. The lowest BCUT2D eigenvalue weighted by Gasteiger charge is -2.16. The fourth-order valence-corrected chi connectivity index (χ4v) is 2.09. The molecule has 1 aromatic heterocycles. The van der Waals surface area contributed by atoms with Crippen LogP contribution in [0.4, 0.5) is 5.95 Å². The average molecular weight is 243 g/mol. The first-order valence-corrected chi connectivity index (χ1v) is 6.56. The van der Waals surface area contributed by atoms with E-state index in [1.165, 1.54) is 5.56 Å². The number of aryl methyl sites for hydroxylation is 2. The van der Waals surface area contributed by atoms with Crippen LogP contribution < -0.4 is 5.32 Å². The highest BCUT2D eigenvalue weighted by atomic mass is 15.2. The normalized spacial score (nSPS) is 12.4. The third kappa shape index (κ3) is 2.92. The van der Waals surface area contributed by atoms with Gasteiger partial charge in [-0.1, -0.05) is 37.3 Å². The lowest BCUT2D eigenvalue weighted by atomic mass is 10.1. The summed E-state index contributed by atoms with van der Waals surface area (Å²) in [6.07, 6.45) is 3.22. The molecule has 1 unspecified atom stereocenters. The summed E-state index contributed by atoms with van der Waals surface area (Å²) in [7, 11) is 0. The van der Waals surface area contributed by atoms with Gasteiger partial charge in [0.05, 0.1) is 11.7 Å². The molecule has 18 heavy (non-hydrogen) atoms. The number of anilines is 1. The molecule has 2 aromatic rings. The Labute approximate surface area is 109 Å². The Morgan fingerprint density at radius 1 is 1.28 bits per heavy atom. The number of benzene rings is 1. The Hall–Kier alpha value is -1.77. The van der Waals surface area contributed by atoms with Gasteiger partial charge in [-0.05, 0) is 25.8 Å². The molecule has 3 nitrogen and oxygen atoms in total. The Morgan fingerprint density at radius 3 is 2.67 bits per heavy atom. The van der Waals surface area contributed by atoms with Crippen molar-refractivity contribution in [3.8, 4) is 0 Å². The van der Waals surface area contributed by atoms with Gasteiger partial charge in [-0.25, -0.2) is 4.98 Å². The van der Waals surface area contributed by atoms with Crippen molar-refractivity contribution >= 4 is 5.95 Å². The van der Waals surface area contributed by atoms with Crippen molar-refractivity contribution in [3.63, 3.8) is 0 Å². The number of nitrogens with zero attached hydrogens (tertiary/aromatic N) is 2. The third-order valence-electron chi connectivity index (χ3n) is 3.01. The zero-order valence-electron chi connectivity index (χ0n) is 11.4. The van der Waals surface area contributed by atoms with E-state index in [0.717, 1.165) is 24.6 Å². The number of imidazole rings is 1. The van der Waals surface area contributed by atoms with Gasteiger partial charge in [-0.3, -0.25) is 0 Å². The van der Waals surface area contributed by atoms with Crippen molar-refractivity contribution in [2.45, 2.75) is 39.8 Å². The Bertz CT molecular complexity index is 488. The van der Waals surface area contributed by atoms with E-state index in [-0.39, 0.29) is 6.04 Å². The summed E-state index contributed by atoms with van der Waals surface area (Å²) in [5.41, 5.74) is 2.34. The minimum Gasteiger partial charge on any atom is -0.349 e. The van der Waals surface area contributed by atoms with Gasteiger partial charge in [0.2, 0.25) is 5.95 Å². The van der Waals surface area contributed by atoms with Crippen LogP contribution in [0.3, 0.4) is 0 Å². The summed E-state index contributed by atoms with van der Waals surface area (Å²) in [5.74, 6) is 0.964. The molecular weight excluding hydrogens is 222 g/mol. The minimum atomic E-state index is 0.267. The predicted octanol–water partition coefficient (Wildman–Crippen LogP) is 3.77.